The first kappa shape index (κ1) is 15.0. The van der Waals surface area contributed by atoms with Crippen LogP contribution in [-0.4, -0.2) is 24.9 Å². The fraction of sp³-hybridized carbons (Fsp3) is 0.167. The minimum absolute atomic E-state index is 0.334. The van der Waals surface area contributed by atoms with Gasteiger partial charge in [-0.1, -0.05) is 24.3 Å². The molecule has 1 aliphatic rings. The Morgan fingerprint density at radius 2 is 1.48 bits per heavy atom. The van der Waals surface area contributed by atoms with E-state index in [1.54, 1.807) is 55.5 Å². The monoisotopic (exact) mass is 309 g/mol. The minimum atomic E-state index is -0.406. The predicted octanol–water partition coefficient (Wildman–Crippen LogP) is 2.76. The van der Waals surface area contributed by atoms with Gasteiger partial charge in [0.2, 0.25) is 0 Å². The summed E-state index contributed by atoms with van der Waals surface area (Å²) in [5, 5.41) is 0. The molecule has 0 saturated heterocycles. The number of methoxy groups -OCH3 is 1. The van der Waals surface area contributed by atoms with Gasteiger partial charge in [-0.2, -0.15) is 0 Å². The van der Waals surface area contributed by atoms with Crippen molar-refractivity contribution in [3.8, 4) is 0 Å². The number of esters is 1. The Balaban J connectivity index is 1.91. The Bertz CT molecular complexity index is 760. The van der Waals surface area contributed by atoms with Crippen LogP contribution in [0, 0.1) is 0 Å². The zero-order valence-corrected chi connectivity index (χ0v) is 12.8. The second-order valence-corrected chi connectivity index (χ2v) is 5.33. The summed E-state index contributed by atoms with van der Waals surface area (Å²) in [4.78, 5) is 37.5. The molecule has 2 amide bonds. The number of nitrogens with zero attached hydrogens (tertiary/aromatic N) is 1. The van der Waals surface area contributed by atoms with E-state index in [0.29, 0.717) is 16.8 Å². The molecular weight excluding hydrogens is 294 g/mol. The van der Waals surface area contributed by atoms with Crippen LogP contribution >= 0.6 is 0 Å². The Labute approximate surface area is 133 Å². The van der Waals surface area contributed by atoms with E-state index in [0.717, 1.165) is 10.5 Å². The molecule has 3 rings (SSSR count). The third-order valence-corrected chi connectivity index (χ3v) is 4.00. The van der Waals surface area contributed by atoms with Crippen LogP contribution in [0.3, 0.4) is 0 Å². The summed E-state index contributed by atoms with van der Waals surface area (Å²) < 4.78 is 4.72. The quantitative estimate of drug-likeness (QED) is 0.646. The predicted molar refractivity (Wildman–Crippen MR) is 84.5 cm³/mol. The number of carbonyl (C=O) groups is 3. The third kappa shape index (κ3) is 2.40. The van der Waals surface area contributed by atoms with Crippen LogP contribution in [0.2, 0.25) is 0 Å². The third-order valence-electron chi connectivity index (χ3n) is 4.00. The van der Waals surface area contributed by atoms with Gasteiger partial charge in [0.05, 0.1) is 29.8 Å². The van der Waals surface area contributed by atoms with Gasteiger partial charge in [-0.3, -0.25) is 14.4 Å². The maximum Gasteiger partial charge on any atom is 0.312 e. The molecule has 5 heteroatoms. The number of hydrogen-bond donors (Lipinski definition) is 0. The highest BCUT2D eigenvalue weighted by Crippen LogP contribution is 2.29. The molecule has 1 unspecified atom stereocenters. The van der Waals surface area contributed by atoms with Crippen molar-refractivity contribution in [3.05, 3.63) is 65.2 Å². The number of hydrogen-bond acceptors (Lipinski definition) is 4. The molecule has 0 aliphatic carbocycles. The molecule has 5 nitrogen and oxygen atoms in total. The summed E-state index contributed by atoms with van der Waals surface area (Å²) in [6, 6.07) is 13.5. The molecule has 0 N–H and O–H groups in total. The van der Waals surface area contributed by atoms with Gasteiger partial charge >= 0.3 is 5.97 Å². The van der Waals surface area contributed by atoms with Crippen LogP contribution in [-0.2, 0) is 9.53 Å². The lowest BCUT2D eigenvalue weighted by molar-refractivity contribution is -0.142. The zero-order valence-electron chi connectivity index (χ0n) is 12.8. The van der Waals surface area contributed by atoms with Crippen LogP contribution in [0.1, 0.15) is 39.1 Å². The highest BCUT2D eigenvalue weighted by molar-refractivity contribution is 6.34. The summed E-state index contributed by atoms with van der Waals surface area (Å²) in [7, 11) is 1.34. The van der Waals surface area contributed by atoms with Gasteiger partial charge in [0.1, 0.15) is 0 Å². The molecule has 2 aromatic rings. The number of benzene rings is 2. The first-order chi connectivity index (χ1) is 11.0. The standard InChI is InChI=1S/C18H15NO4/c1-11(18(22)23-2)12-7-9-13(10-8-12)19-16(20)14-5-3-4-6-15(14)17(19)21/h3-11H,1-2H3. The molecule has 23 heavy (non-hydrogen) atoms. The SMILES string of the molecule is COC(=O)C(C)c1ccc(N2C(=O)c3ccccc3C2=O)cc1. The molecule has 0 bridgehead atoms. The summed E-state index contributed by atoms with van der Waals surface area (Å²) >= 11 is 0. The van der Waals surface area contributed by atoms with Crippen LogP contribution in [0.5, 0.6) is 0 Å². The molecule has 1 heterocycles. The molecule has 0 spiro atoms. The highest BCUT2D eigenvalue weighted by Gasteiger charge is 2.36. The number of rotatable bonds is 3. The molecule has 0 saturated carbocycles. The Morgan fingerprint density at radius 3 is 1.96 bits per heavy atom. The van der Waals surface area contributed by atoms with E-state index >= 15 is 0 Å². The molecule has 0 fully saturated rings. The van der Waals surface area contributed by atoms with Crippen LogP contribution in [0.25, 0.3) is 0 Å². The van der Waals surface area contributed by atoms with E-state index in [2.05, 4.69) is 0 Å². The lowest BCUT2D eigenvalue weighted by atomic mass is 10.0. The average Bonchev–Trinajstić information content (AvgIpc) is 2.85. The summed E-state index contributed by atoms with van der Waals surface area (Å²) in [6.07, 6.45) is 0. The summed E-state index contributed by atoms with van der Waals surface area (Å²) in [6.45, 7) is 1.74. The van der Waals surface area contributed by atoms with Crippen molar-refractivity contribution in [3.63, 3.8) is 0 Å². The largest absolute Gasteiger partial charge is 0.469 e. The number of amides is 2. The second-order valence-electron chi connectivity index (χ2n) is 5.33. The number of ether oxygens (including phenoxy) is 1. The maximum absolute atomic E-state index is 12.4. The van der Waals surface area contributed by atoms with E-state index < -0.39 is 5.92 Å². The van der Waals surface area contributed by atoms with E-state index in [-0.39, 0.29) is 17.8 Å². The van der Waals surface area contributed by atoms with Crippen LogP contribution in [0.15, 0.2) is 48.5 Å². The molecular formula is C18H15NO4. The topological polar surface area (TPSA) is 63.7 Å². The van der Waals surface area contributed by atoms with E-state index in [9.17, 15) is 14.4 Å². The van der Waals surface area contributed by atoms with Crippen molar-refractivity contribution in [1.29, 1.82) is 0 Å². The van der Waals surface area contributed by atoms with E-state index in [1.165, 1.54) is 7.11 Å². The van der Waals surface area contributed by atoms with Crippen molar-refractivity contribution in [2.24, 2.45) is 0 Å². The molecule has 1 atom stereocenters. The van der Waals surface area contributed by atoms with Crippen molar-refractivity contribution in [2.45, 2.75) is 12.8 Å². The van der Waals surface area contributed by atoms with Gasteiger partial charge in [-0.05, 0) is 36.8 Å². The van der Waals surface area contributed by atoms with E-state index in [4.69, 9.17) is 4.74 Å². The average molecular weight is 309 g/mol. The van der Waals surface area contributed by atoms with Gasteiger partial charge in [0.15, 0.2) is 0 Å². The van der Waals surface area contributed by atoms with Crippen molar-refractivity contribution in [1.82, 2.24) is 0 Å². The fourth-order valence-corrected chi connectivity index (χ4v) is 2.65. The van der Waals surface area contributed by atoms with Crippen molar-refractivity contribution in [2.75, 3.05) is 12.0 Å². The number of anilines is 1. The Kier molecular flexibility index (Phi) is 3.70. The van der Waals surface area contributed by atoms with Gasteiger partial charge in [-0.15, -0.1) is 0 Å². The molecule has 2 aromatic carbocycles. The van der Waals surface area contributed by atoms with Gasteiger partial charge in [0, 0.05) is 0 Å². The Hall–Kier alpha value is -2.95. The Morgan fingerprint density at radius 1 is 0.957 bits per heavy atom. The minimum Gasteiger partial charge on any atom is -0.469 e. The maximum atomic E-state index is 12.4. The molecule has 116 valence electrons. The summed E-state index contributed by atoms with van der Waals surface area (Å²) in [5.74, 6) is -1.41. The van der Waals surface area contributed by atoms with Crippen molar-refractivity contribution < 1.29 is 19.1 Å². The smallest absolute Gasteiger partial charge is 0.312 e. The van der Waals surface area contributed by atoms with Gasteiger partial charge < -0.3 is 4.74 Å². The molecule has 0 radical (unpaired) electrons. The first-order valence-electron chi connectivity index (χ1n) is 7.20. The fourth-order valence-electron chi connectivity index (χ4n) is 2.65. The van der Waals surface area contributed by atoms with E-state index in [1.807, 2.05) is 0 Å². The number of imide groups is 1. The van der Waals surface area contributed by atoms with Crippen molar-refractivity contribution >= 4 is 23.5 Å². The summed E-state index contributed by atoms with van der Waals surface area (Å²) in [5.41, 5.74) is 2.06. The lowest BCUT2D eigenvalue weighted by Crippen LogP contribution is -2.29. The van der Waals surface area contributed by atoms with Crippen LogP contribution < -0.4 is 4.90 Å². The second kappa shape index (κ2) is 5.68. The normalized spacial score (nSPS) is 14.6. The lowest BCUT2D eigenvalue weighted by Gasteiger charge is -2.15. The molecule has 0 aromatic heterocycles. The zero-order chi connectivity index (χ0) is 16.6. The number of carbonyl (C=O) groups excluding carboxylic acids is 3. The van der Waals surface area contributed by atoms with Gasteiger partial charge in [-0.25, -0.2) is 4.90 Å². The van der Waals surface area contributed by atoms with Crippen LogP contribution in [0.4, 0.5) is 5.69 Å². The highest BCUT2D eigenvalue weighted by atomic mass is 16.5. The first-order valence-corrected chi connectivity index (χ1v) is 7.20. The number of fused-ring (bicyclic) bond motifs is 1. The molecule has 1 aliphatic heterocycles. The van der Waals surface area contributed by atoms with Gasteiger partial charge in [0.25, 0.3) is 11.8 Å².